The van der Waals surface area contributed by atoms with Gasteiger partial charge in [-0.15, -0.1) is 0 Å². The highest BCUT2D eigenvalue weighted by molar-refractivity contribution is 5.77. The van der Waals surface area contributed by atoms with Crippen molar-refractivity contribution in [3.8, 4) is 5.88 Å². The second-order valence-electron chi connectivity index (χ2n) is 4.80. The maximum Gasteiger partial charge on any atom is 0.257 e. The number of methoxy groups -OCH3 is 1. The summed E-state index contributed by atoms with van der Waals surface area (Å²) in [5, 5.41) is 3.37. The van der Waals surface area contributed by atoms with Crippen molar-refractivity contribution in [1.29, 1.82) is 0 Å². The molecular weight excluding hydrogens is 240 g/mol. The fraction of sp³-hybridized carbons (Fsp3) is 0.429. The van der Waals surface area contributed by atoms with Gasteiger partial charge in [0, 0.05) is 19.6 Å². The molecule has 0 aliphatic carbocycles. The summed E-state index contributed by atoms with van der Waals surface area (Å²) in [6, 6.07) is 8.31. The second kappa shape index (κ2) is 5.01. The van der Waals surface area contributed by atoms with E-state index >= 15 is 0 Å². The van der Waals surface area contributed by atoms with Gasteiger partial charge in [0.25, 0.3) is 5.88 Å². The van der Waals surface area contributed by atoms with Crippen LogP contribution in [-0.2, 0) is 0 Å². The van der Waals surface area contributed by atoms with Crippen LogP contribution in [0.15, 0.2) is 24.3 Å². The molecule has 1 aromatic carbocycles. The van der Waals surface area contributed by atoms with Gasteiger partial charge in [-0.1, -0.05) is 12.1 Å². The first kappa shape index (κ1) is 12.2. The molecule has 19 heavy (non-hydrogen) atoms. The van der Waals surface area contributed by atoms with E-state index in [1.165, 1.54) is 0 Å². The Labute approximate surface area is 112 Å². The number of aromatic nitrogens is 2. The lowest BCUT2D eigenvalue weighted by Crippen LogP contribution is -2.34. The quantitative estimate of drug-likeness (QED) is 0.902. The Kier molecular flexibility index (Phi) is 3.21. The number of rotatable bonds is 3. The van der Waals surface area contributed by atoms with E-state index in [1.807, 2.05) is 24.3 Å². The Balaban J connectivity index is 2.05. The van der Waals surface area contributed by atoms with Crippen molar-refractivity contribution in [3.05, 3.63) is 24.3 Å². The maximum absolute atomic E-state index is 5.40. The number of anilines is 1. The van der Waals surface area contributed by atoms with Crippen LogP contribution in [0.4, 0.5) is 5.82 Å². The van der Waals surface area contributed by atoms with Gasteiger partial charge < -0.3 is 15.0 Å². The number of nitrogens with zero attached hydrogens (tertiary/aromatic N) is 3. The lowest BCUT2D eigenvalue weighted by molar-refractivity contribution is 0.396. The molecule has 1 aliphatic heterocycles. The largest absolute Gasteiger partial charge is 0.478 e. The van der Waals surface area contributed by atoms with Crippen LogP contribution in [-0.4, -0.2) is 43.3 Å². The molecule has 1 aromatic heterocycles. The average molecular weight is 258 g/mol. The standard InChI is InChI=1S/C14H18N4O/c1-18(10-7-8-15-9-10)13-14(19-2)17-12-6-4-3-5-11(12)16-13/h3-6,10,15H,7-9H2,1-2H3/t10-/m0/s1. The molecule has 100 valence electrons. The van der Waals surface area contributed by atoms with Gasteiger partial charge in [-0.05, 0) is 25.1 Å². The molecular formula is C14H18N4O. The van der Waals surface area contributed by atoms with Crippen molar-refractivity contribution in [3.63, 3.8) is 0 Å². The van der Waals surface area contributed by atoms with E-state index in [9.17, 15) is 0 Å². The number of nitrogens with one attached hydrogen (secondary N) is 1. The summed E-state index contributed by atoms with van der Waals surface area (Å²) in [6.45, 7) is 2.03. The summed E-state index contributed by atoms with van der Waals surface area (Å²) in [5.74, 6) is 1.41. The number of ether oxygens (including phenoxy) is 1. The van der Waals surface area contributed by atoms with Crippen LogP contribution in [0.5, 0.6) is 5.88 Å². The highest BCUT2D eigenvalue weighted by atomic mass is 16.5. The predicted octanol–water partition coefficient (Wildman–Crippen LogP) is 1.44. The smallest absolute Gasteiger partial charge is 0.257 e. The van der Waals surface area contributed by atoms with Gasteiger partial charge in [0.15, 0.2) is 5.82 Å². The van der Waals surface area contributed by atoms with Gasteiger partial charge in [-0.2, -0.15) is 0 Å². The summed E-state index contributed by atoms with van der Waals surface area (Å²) in [4.78, 5) is 11.4. The SMILES string of the molecule is COc1nc2ccccc2nc1N(C)[C@H]1CCNC1. The zero-order chi connectivity index (χ0) is 13.2. The van der Waals surface area contributed by atoms with Crippen LogP contribution in [0.2, 0.25) is 0 Å². The van der Waals surface area contributed by atoms with Crippen molar-refractivity contribution in [2.45, 2.75) is 12.5 Å². The van der Waals surface area contributed by atoms with Gasteiger partial charge in [0.05, 0.1) is 18.1 Å². The Morgan fingerprint density at radius 2 is 2.00 bits per heavy atom. The molecule has 0 radical (unpaired) electrons. The van der Waals surface area contributed by atoms with E-state index < -0.39 is 0 Å². The number of benzene rings is 1. The minimum atomic E-state index is 0.448. The molecule has 2 heterocycles. The van der Waals surface area contributed by atoms with Crippen molar-refractivity contribution in [1.82, 2.24) is 15.3 Å². The van der Waals surface area contributed by atoms with E-state index in [4.69, 9.17) is 9.72 Å². The first-order valence-electron chi connectivity index (χ1n) is 6.54. The van der Waals surface area contributed by atoms with Gasteiger partial charge in [-0.25, -0.2) is 9.97 Å². The summed E-state index contributed by atoms with van der Waals surface area (Å²) in [5.41, 5.74) is 1.76. The fourth-order valence-electron chi connectivity index (χ4n) is 2.48. The number of fused-ring (bicyclic) bond motifs is 1. The Morgan fingerprint density at radius 3 is 2.63 bits per heavy atom. The van der Waals surface area contributed by atoms with E-state index in [1.54, 1.807) is 7.11 Å². The molecule has 1 N–H and O–H groups in total. The number of para-hydroxylation sites is 2. The number of hydrogen-bond donors (Lipinski definition) is 1. The third-order valence-corrected chi connectivity index (χ3v) is 3.63. The topological polar surface area (TPSA) is 50.3 Å². The summed E-state index contributed by atoms with van der Waals surface area (Å²) in [7, 11) is 3.70. The van der Waals surface area contributed by atoms with Crippen LogP contribution in [0.3, 0.4) is 0 Å². The molecule has 0 spiro atoms. The van der Waals surface area contributed by atoms with Crippen LogP contribution in [0, 0.1) is 0 Å². The van der Waals surface area contributed by atoms with Crippen LogP contribution in [0.1, 0.15) is 6.42 Å². The predicted molar refractivity (Wildman–Crippen MR) is 75.8 cm³/mol. The van der Waals surface area contributed by atoms with Crippen molar-refractivity contribution < 1.29 is 4.74 Å². The molecule has 0 saturated carbocycles. The Morgan fingerprint density at radius 1 is 1.26 bits per heavy atom. The molecule has 5 heteroatoms. The van der Waals surface area contributed by atoms with E-state index in [-0.39, 0.29) is 0 Å². The third-order valence-electron chi connectivity index (χ3n) is 3.63. The average Bonchev–Trinajstić information content (AvgIpc) is 2.99. The van der Waals surface area contributed by atoms with Crippen molar-refractivity contribution in [2.75, 3.05) is 32.1 Å². The zero-order valence-corrected chi connectivity index (χ0v) is 11.3. The Bertz CT molecular complexity index is 581. The Hall–Kier alpha value is -1.88. The maximum atomic E-state index is 5.40. The van der Waals surface area contributed by atoms with Crippen molar-refractivity contribution in [2.24, 2.45) is 0 Å². The van der Waals surface area contributed by atoms with Crippen LogP contribution < -0.4 is 15.0 Å². The van der Waals surface area contributed by atoms with Gasteiger partial charge in [0.1, 0.15) is 0 Å². The minimum absolute atomic E-state index is 0.448. The van der Waals surface area contributed by atoms with Gasteiger partial charge >= 0.3 is 0 Å². The third kappa shape index (κ3) is 2.21. The van der Waals surface area contributed by atoms with Crippen LogP contribution >= 0.6 is 0 Å². The molecule has 1 atom stereocenters. The van der Waals surface area contributed by atoms with Gasteiger partial charge in [-0.3, -0.25) is 0 Å². The summed E-state index contributed by atoms with van der Waals surface area (Å²) in [6.07, 6.45) is 1.12. The minimum Gasteiger partial charge on any atom is -0.478 e. The second-order valence-corrected chi connectivity index (χ2v) is 4.80. The molecule has 5 nitrogen and oxygen atoms in total. The molecule has 1 fully saturated rings. The normalized spacial score (nSPS) is 18.7. The van der Waals surface area contributed by atoms with Crippen LogP contribution in [0.25, 0.3) is 11.0 Å². The molecule has 2 aromatic rings. The van der Waals surface area contributed by atoms with Gasteiger partial charge in [0.2, 0.25) is 0 Å². The molecule has 1 aliphatic rings. The molecule has 0 unspecified atom stereocenters. The highest BCUT2D eigenvalue weighted by Gasteiger charge is 2.23. The lowest BCUT2D eigenvalue weighted by atomic mass is 10.2. The summed E-state index contributed by atoms with van der Waals surface area (Å²) < 4.78 is 5.40. The van der Waals surface area contributed by atoms with Crippen molar-refractivity contribution >= 4 is 16.9 Å². The molecule has 3 rings (SSSR count). The fourth-order valence-corrected chi connectivity index (χ4v) is 2.48. The first-order valence-corrected chi connectivity index (χ1v) is 6.54. The lowest BCUT2D eigenvalue weighted by Gasteiger charge is -2.25. The molecule has 0 bridgehead atoms. The molecule has 1 saturated heterocycles. The van der Waals surface area contributed by atoms with E-state index in [0.29, 0.717) is 11.9 Å². The van der Waals surface area contributed by atoms with E-state index in [0.717, 1.165) is 36.4 Å². The first-order chi connectivity index (χ1) is 9.29. The monoisotopic (exact) mass is 258 g/mol. The number of likely N-dealkylation sites (N-methyl/N-ethyl adjacent to an activating group) is 1. The summed E-state index contributed by atoms with van der Waals surface area (Å²) >= 11 is 0. The van der Waals surface area contributed by atoms with E-state index in [2.05, 4.69) is 22.2 Å². The number of hydrogen-bond acceptors (Lipinski definition) is 5. The molecule has 0 amide bonds. The highest BCUT2D eigenvalue weighted by Crippen LogP contribution is 2.28. The zero-order valence-electron chi connectivity index (χ0n) is 11.3.